The summed E-state index contributed by atoms with van der Waals surface area (Å²) >= 11 is -2.53. The van der Waals surface area contributed by atoms with Crippen LogP contribution in [0.25, 0.3) is 0 Å². The molecule has 3 atom stereocenters. The quantitative estimate of drug-likeness (QED) is 0.0790. The second-order valence-corrected chi connectivity index (χ2v) is 39.3. The Labute approximate surface area is 277 Å². The molecule has 256 valence electrons. The molecule has 0 amide bonds. The Bertz CT molecular complexity index is 729. The van der Waals surface area contributed by atoms with Crippen molar-refractivity contribution in [3.05, 3.63) is 22.8 Å². The fourth-order valence-corrected chi connectivity index (χ4v) is 28.3. The Morgan fingerprint density at radius 1 is 0.767 bits per heavy atom. The Hall–Kier alpha value is 0.592. The average molecular weight is 746 g/mol. The van der Waals surface area contributed by atoms with Gasteiger partial charge in [0.15, 0.2) is 0 Å². The second kappa shape index (κ2) is 20.7. The summed E-state index contributed by atoms with van der Waals surface area (Å²) in [5.41, 5.74) is 1.59. The minimum atomic E-state index is -2.53. The van der Waals surface area contributed by atoms with Gasteiger partial charge in [-0.15, -0.1) is 0 Å². The summed E-state index contributed by atoms with van der Waals surface area (Å²) in [6.45, 7) is 37.0. The van der Waals surface area contributed by atoms with Crippen LogP contribution in [0.4, 0.5) is 0 Å². The number of unbranched alkanes of at least 4 members (excludes halogenated alkanes) is 3. The zero-order chi connectivity index (χ0) is 33.5. The van der Waals surface area contributed by atoms with Crippen molar-refractivity contribution in [3.63, 3.8) is 0 Å². The molecule has 0 aromatic rings. The fourth-order valence-electron chi connectivity index (χ4n) is 7.00. The number of aliphatic hydroxyl groups excluding tert-OH is 1. The van der Waals surface area contributed by atoms with Crippen molar-refractivity contribution in [2.24, 2.45) is 0 Å². The van der Waals surface area contributed by atoms with Crippen molar-refractivity contribution in [1.82, 2.24) is 0 Å². The molecule has 0 spiro atoms. The van der Waals surface area contributed by atoms with E-state index in [-0.39, 0.29) is 17.2 Å². The van der Waals surface area contributed by atoms with Gasteiger partial charge in [-0.3, -0.25) is 0 Å². The number of hydrogen-bond acceptors (Lipinski definition) is 3. The molecule has 0 unspecified atom stereocenters. The van der Waals surface area contributed by atoms with Gasteiger partial charge >= 0.3 is 279 Å². The molecule has 0 aromatic carbocycles. The molecule has 0 fully saturated rings. The molecule has 1 N–H and O–H groups in total. The van der Waals surface area contributed by atoms with E-state index < -0.39 is 41.1 Å². The van der Waals surface area contributed by atoms with Gasteiger partial charge in [0.25, 0.3) is 0 Å². The van der Waals surface area contributed by atoms with Gasteiger partial charge in [-0.1, -0.05) is 0 Å². The molecule has 0 heterocycles. The van der Waals surface area contributed by atoms with Crippen LogP contribution in [-0.2, 0) is 8.85 Å². The summed E-state index contributed by atoms with van der Waals surface area (Å²) in [5, 5.41) is 11.1. The third-order valence-electron chi connectivity index (χ3n) is 10.5. The van der Waals surface area contributed by atoms with Crippen LogP contribution in [0.1, 0.15) is 141 Å². The van der Waals surface area contributed by atoms with E-state index in [9.17, 15) is 5.11 Å². The Morgan fingerprint density at radius 2 is 1.21 bits per heavy atom. The Kier molecular flexibility index (Phi) is 21.0. The summed E-state index contributed by atoms with van der Waals surface area (Å²) < 4.78 is 22.0. The van der Waals surface area contributed by atoms with E-state index >= 15 is 0 Å². The van der Waals surface area contributed by atoms with Crippen LogP contribution in [0.2, 0.25) is 48.1 Å². The normalized spacial score (nSPS) is 16.0. The third-order valence-corrected chi connectivity index (χ3v) is 35.3. The first-order chi connectivity index (χ1) is 19.9. The molecule has 0 radical (unpaired) electrons. The molecule has 0 aliphatic heterocycles. The van der Waals surface area contributed by atoms with Crippen molar-refractivity contribution < 1.29 is 14.0 Å². The summed E-state index contributed by atoms with van der Waals surface area (Å²) in [7, 11) is -4.18. The molecule has 6 heteroatoms. The second-order valence-electron chi connectivity index (χ2n) is 16.2. The molecule has 0 saturated heterocycles. The first kappa shape index (κ1) is 43.6. The van der Waals surface area contributed by atoms with Crippen LogP contribution in [0, 0.1) is 0 Å². The molecule has 0 aliphatic carbocycles. The molecule has 0 aromatic heterocycles. The van der Waals surface area contributed by atoms with Gasteiger partial charge in [-0.05, 0) is 0 Å². The van der Waals surface area contributed by atoms with Crippen molar-refractivity contribution in [1.29, 1.82) is 0 Å². The van der Waals surface area contributed by atoms with Gasteiger partial charge < -0.3 is 0 Å². The van der Waals surface area contributed by atoms with Gasteiger partial charge in [0.2, 0.25) is 0 Å². The molecular weight excluding hydrogens is 667 g/mol. The molecule has 3 nitrogen and oxygen atoms in total. The summed E-state index contributed by atoms with van der Waals surface area (Å²) in [6, 6.07) is 0. The van der Waals surface area contributed by atoms with E-state index in [1.807, 2.05) is 6.08 Å². The first-order valence-electron chi connectivity index (χ1n) is 18.2. The van der Waals surface area contributed by atoms with E-state index in [2.05, 4.69) is 113 Å². The zero-order valence-corrected chi connectivity index (χ0v) is 36.5. The van der Waals surface area contributed by atoms with Gasteiger partial charge in [0, 0.05) is 0 Å². The predicted octanol–water partition coefficient (Wildman–Crippen LogP) is 12.6. The van der Waals surface area contributed by atoms with Crippen LogP contribution < -0.4 is 0 Å². The number of rotatable bonds is 24. The third kappa shape index (κ3) is 14.5. The van der Waals surface area contributed by atoms with Crippen molar-refractivity contribution in [2.75, 3.05) is 0 Å². The Balaban J connectivity index is 6.99. The SMILES string of the molecule is C=CC[C@@H](O)C[C@H](C[C@@H](/C=[CH]/[Sn]([CH2]CCC)([CH2]CCC)[CH2]CCC)O[Si](C(C)C)(C(C)C)C(C)C)O[Si](C)(C)C(C)(C)C. The average Bonchev–Trinajstić information content (AvgIpc) is 2.89. The van der Waals surface area contributed by atoms with E-state index in [1.54, 1.807) is 0 Å². The van der Waals surface area contributed by atoms with Crippen LogP contribution in [-0.4, -0.2) is 58.4 Å². The molecule has 43 heavy (non-hydrogen) atoms. The molecule has 0 rings (SSSR count). The van der Waals surface area contributed by atoms with Crippen molar-refractivity contribution in [2.45, 2.75) is 207 Å². The Morgan fingerprint density at radius 3 is 1.56 bits per heavy atom. The van der Waals surface area contributed by atoms with E-state index in [0.29, 0.717) is 29.5 Å². The minimum absolute atomic E-state index is 0.0322. The summed E-state index contributed by atoms with van der Waals surface area (Å²) in [6.07, 6.45) is 14.0. The van der Waals surface area contributed by atoms with Gasteiger partial charge in [-0.2, -0.15) is 0 Å². The van der Waals surface area contributed by atoms with Crippen LogP contribution in [0.5, 0.6) is 0 Å². The first-order valence-corrected chi connectivity index (χ1v) is 31.0. The van der Waals surface area contributed by atoms with E-state index in [1.165, 1.54) is 51.8 Å². The topological polar surface area (TPSA) is 38.7 Å². The fraction of sp³-hybridized carbons (Fsp3) is 0.892. The molecular formula is C37H78O3Si2Sn. The number of hydrogen-bond donors (Lipinski definition) is 1. The predicted molar refractivity (Wildman–Crippen MR) is 202 cm³/mol. The summed E-state index contributed by atoms with van der Waals surface area (Å²) in [5.74, 6) is 0. The maximum absolute atomic E-state index is 11.0. The molecule has 0 aliphatic rings. The van der Waals surface area contributed by atoms with E-state index in [4.69, 9.17) is 8.85 Å². The van der Waals surface area contributed by atoms with Crippen LogP contribution in [0.15, 0.2) is 22.8 Å². The van der Waals surface area contributed by atoms with Crippen LogP contribution >= 0.6 is 0 Å². The van der Waals surface area contributed by atoms with Gasteiger partial charge in [0.1, 0.15) is 0 Å². The maximum atomic E-state index is 11.0. The van der Waals surface area contributed by atoms with Crippen molar-refractivity contribution >= 4 is 35.0 Å². The number of aliphatic hydroxyl groups is 1. The van der Waals surface area contributed by atoms with Crippen LogP contribution in [0.3, 0.4) is 0 Å². The molecule has 0 saturated carbocycles. The monoisotopic (exact) mass is 746 g/mol. The van der Waals surface area contributed by atoms with Crippen molar-refractivity contribution in [3.8, 4) is 0 Å². The van der Waals surface area contributed by atoms with E-state index in [0.717, 1.165) is 6.42 Å². The van der Waals surface area contributed by atoms with Gasteiger partial charge in [0.05, 0.1) is 0 Å². The van der Waals surface area contributed by atoms with Gasteiger partial charge in [-0.25, -0.2) is 0 Å². The zero-order valence-electron chi connectivity index (χ0n) is 31.7. The summed E-state index contributed by atoms with van der Waals surface area (Å²) in [4.78, 5) is 0. The standard InChI is InChI=1S/C25H51O3Si2.3C4H9.Sn/c1-14-16-22(26)17-24(27-29(12,13)25(9,10)11)18-23(15-2)28-30(19(3)4,20(5)6)21(7)8;3*1-3-4-2;/h2,14-15,19-24,26H,1,16-18H2,3-13H3;3*1,3-4H2,2H3;/t22-,23-,24-;;;;/m1..../s1. The molecule has 0 bridgehead atoms.